The maximum atomic E-state index is 11.9. The molecule has 0 aromatic heterocycles. The number of benzene rings is 1. The van der Waals surface area contributed by atoms with Crippen molar-refractivity contribution in [2.75, 3.05) is 6.61 Å². The summed E-state index contributed by atoms with van der Waals surface area (Å²) in [7, 11) is 0. The molecule has 0 heterocycles. The number of amides is 1. The fraction of sp³-hybridized carbons (Fsp3) is 0.500. The molecule has 22 heavy (non-hydrogen) atoms. The minimum absolute atomic E-state index is 0.188. The van der Waals surface area contributed by atoms with Crippen LogP contribution in [0.1, 0.15) is 48.9 Å². The smallest absolute Gasteiger partial charge is 0.340 e. The Hall–Kier alpha value is -1.26. The van der Waals surface area contributed by atoms with E-state index in [1.165, 1.54) is 25.0 Å². The molecule has 0 atom stereocenters. The predicted octanol–water partition coefficient (Wildman–Crippen LogP) is 3.99. The van der Waals surface area contributed by atoms with Crippen molar-refractivity contribution in [1.29, 1.82) is 0 Å². The number of carbonyl (C=O) groups is 2. The van der Waals surface area contributed by atoms with Gasteiger partial charge in [-0.1, -0.05) is 48.9 Å². The van der Waals surface area contributed by atoms with Gasteiger partial charge in [0, 0.05) is 11.1 Å². The Kier molecular flexibility index (Phi) is 6.52. The Bertz CT molecular complexity index is 540. The summed E-state index contributed by atoms with van der Waals surface area (Å²) in [5, 5.41) is 3.57. The second-order valence-electron chi connectivity index (χ2n) is 5.46. The van der Waals surface area contributed by atoms with Gasteiger partial charge in [0.1, 0.15) is 0 Å². The van der Waals surface area contributed by atoms with Crippen LogP contribution in [0.25, 0.3) is 0 Å². The molecule has 1 amide bonds. The molecule has 0 aliphatic heterocycles. The molecule has 0 radical (unpaired) electrons. The van der Waals surface area contributed by atoms with E-state index in [0.29, 0.717) is 5.02 Å². The Balaban J connectivity index is 1.81. The summed E-state index contributed by atoms with van der Waals surface area (Å²) < 4.78 is 5.00. The molecule has 0 spiro atoms. The zero-order valence-corrected chi connectivity index (χ0v) is 13.8. The van der Waals surface area contributed by atoms with Crippen LogP contribution in [0.15, 0.2) is 18.2 Å². The van der Waals surface area contributed by atoms with Gasteiger partial charge >= 0.3 is 5.97 Å². The summed E-state index contributed by atoms with van der Waals surface area (Å²) in [5.41, 5.74) is 0.202. The molecule has 4 nitrogen and oxygen atoms in total. The van der Waals surface area contributed by atoms with Gasteiger partial charge in [0.2, 0.25) is 0 Å². The minimum Gasteiger partial charge on any atom is -0.452 e. The molecule has 1 fully saturated rings. The van der Waals surface area contributed by atoms with Crippen LogP contribution in [-0.2, 0) is 9.53 Å². The van der Waals surface area contributed by atoms with Crippen LogP contribution in [0, 0.1) is 0 Å². The van der Waals surface area contributed by atoms with E-state index in [9.17, 15) is 9.59 Å². The first kappa shape index (κ1) is 17.1. The quantitative estimate of drug-likeness (QED) is 0.664. The normalized spacial score (nSPS) is 15.9. The van der Waals surface area contributed by atoms with Gasteiger partial charge in [-0.3, -0.25) is 4.79 Å². The molecule has 0 saturated heterocycles. The zero-order chi connectivity index (χ0) is 15.9. The molecule has 2 rings (SSSR count). The second kappa shape index (κ2) is 8.39. The van der Waals surface area contributed by atoms with E-state index < -0.39 is 5.97 Å². The summed E-state index contributed by atoms with van der Waals surface area (Å²) >= 11 is 11.7. The molecule has 1 N–H and O–H groups in total. The third-order valence-corrected chi connectivity index (χ3v) is 4.25. The number of esters is 1. The predicted molar refractivity (Wildman–Crippen MR) is 86.4 cm³/mol. The van der Waals surface area contributed by atoms with E-state index in [-0.39, 0.29) is 29.1 Å². The minimum atomic E-state index is -0.627. The summed E-state index contributed by atoms with van der Waals surface area (Å²) in [6.07, 6.45) is 6.68. The molecular formula is C16H19Cl2NO3. The molecule has 0 unspecified atom stereocenters. The van der Waals surface area contributed by atoms with E-state index >= 15 is 0 Å². The zero-order valence-electron chi connectivity index (χ0n) is 12.2. The molecule has 1 saturated carbocycles. The summed E-state index contributed by atoms with van der Waals surface area (Å²) in [5.74, 6) is -0.900. The number of halogens is 2. The van der Waals surface area contributed by atoms with Crippen molar-refractivity contribution in [2.24, 2.45) is 0 Å². The van der Waals surface area contributed by atoms with E-state index in [4.69, 9.17) is 27.9 Å². The highest BCUT2D eigenvalue weighted by atomic mass is 35.5. The van der Waals surface area contributed by atoms with Gasteiger partial charge in [0.15, 0.2) is 6.61 Å². The maximum Gasteiger partial charge on any atom is 0.340 e. The van der Waals surface area contributed by atoms with E-state index in [0.717, 1.165) is 25.7 Å². The van der Waals surface area contributed by atoms with Crippen molar-refractivity contribution in [2.45, 2.75) is 44.6 Å². The largest absolute Gasteiger partial charge is 0.452 e. The lowest BCUT2D eigenvalue weighted by atomic mass is 10.1. The Morgan fingerprint density at radius 3 is 2.45 bits per heavy atom. The van der Waals surface area contributed by atoms with Crippen LogP contribution in [-0.4, -0.2) is 24.5 Å². The molecule has 1 aromatic carbocycles. The van der Waals surface area contributed by atoms with Gasteiger partial charge in [-0.15, -0.1) is 0 Å². The van der Waals surface area contributed by atoms with Gasteiger partial charge in [0.25, 0.3) is 5.91 Å². The van der Waals surface area contributed by atoms with Gasteiger partial charge in [-0.05, 0) is 31.0 Å². The molecule has 1 aliphatic carbocycles. The lowest BCUT2D eigenvalue weighted by Gasteiger charge is -2.16. The fourth-order valence-corrected chi connectivity index (χ4v) is 3.04. The SMILES string of the molecule is O=C(COC(=O)c1ccc(Cl)cc1Cl)NC1CCCCCC1. The van der Waals surface area contributed by atoms with Crippen LogP contribution in [0.4, 0.5) is 0 Å². The van der Waals surface area contributed by atoms with E-state index in [2.05, 4.69) is 5.32 Å². The van der Waals surface area contributed by atoms with Crippen molar-refractivity contribution in [1.82, 2.24) is 5.32 Å². The Labute approximate surface area is 140 Å². The van der Waals surface area contributed by atoms with Crippen LogP contribution in [0.3, 0.4) is 0 Å². The number of ether oxygens (including phenoxy) is 1. The topological polar surface area (TPSA) is 55.4 Å². The number of hydrogen-bond donors (Lipinski definition) is 1. The standard InChI is InChI=1S/C16H19Cl2NO3/c17-11-7-8-13(14(18)9-11)16(21)22-10-15(20)19-12-5-3-1-2-4-6-12/h7-9,12H,1-6,10H2,(H,19,20). The average molecular weight is 344 g/mol. The molecule has 1 aliphatic rings. The summed E-state index contributed by atoms with van der Waals surface area (Å²) in [6.45, 7) is -0.297. The highest BCUT2D eigenvalue weighted by molar-refractivity contribution is 6.36. The maximum absolute atomic E-state index is 11.9. The first-order valence-electron chi connectivity index (χ1n) is 7.48. The van der Waals surface area contributed by atoms with E-state index in [1.54, 1.807) is 6.07 Å². The monoisotopic (exact) mass is 343 g/mol. The molecule has 0 bridgehead atoms. The lowest BCUT2D eigenvalue weighted by molar-refractivity contribution is -0.125. The number of carbonyl (C=O) groups excluding carboxylic acids is 2. The average Bonchev–Trinajstić information content (AvgIpc) is 2.73. The van der Waals surface area contributed by atoms with Crippen LogP contribution >= 0.6 is 23.2 Å². The first-order valence-corrected chi connectivity index (χ1v) is 8.23. The van der Waals surface area contributed by atoms with Gasteiger partial charge in [-0.25, -0.2) is 4.79 Å². The van der Waals surface area contributed by atoms with Crippen molar-refractivity contribution in [3.63, 3.8) is 0 Å². The van der Waals surface area contributed by atoms with Crippen molar-refractivity contribution >= 4 is 35.1 Å². The molecular weight excluding hydrogens is 325 g/mol. The Morgan fingerprint density at radius 1 is 1.14 bits per heavy atom. The van der Waals surface area contributed by atoms with Crippen LogP contribution < -0.4 is 5.32 Å². The lowest BCUT2D eigenvalue weighted by Crippen LogP contribution is -2.37. The third kappa shape index (κ3) is 5.18. The van der Waals surface area contributed by atoms with Crippen molar-refractivity contribution < 1.29 is 14.3 Å². The highest BCUT2D eigenvalue weighted by Crippen LogP contribution is 2.21. The molecule has 6 heteroatoms. The second-order valence-corrected chi connectivity index (χ2v) is 6.30. The van der Waals surface area contributed by atoms with Crippen LogP contribution in [0.5, 0.6) is 0 Å². The number of rotatable bonds is 4. The van der Waals surface area contributed by atoms with Crippen molar-refractivity contribution in [3.05, 3.63) is 33.8 Å². The summed E-state index contributed by atoms with van der Waals surface area (Å²) in [4.78, 5) is 23.8. The van der Waals surface area contributed by atoms with Gasteiger partial charge in [-0.2, -0.15) is 0 Å². The van der Waals surface area contributed by atoms with Gasteiger partial charge < -0.3 is 10.1 Å². The van der Waals surface area contributed by atoms with Gasteiger partial charge in [0.05, 0.1) is 10.6 Å². The summed E-state index contributed by atoms with van der Waals surface area (Å²) in [6, 6.07) is 4.68. The number of hydrogen-bond acceptors (Lipinski definition) is 3. The van der Waals surface area contributed by atoms with E-state index in [1.807, 2.05) is 0 Å². The fourth-order valence-electron chi connectivity index (χ4n) is 2.56. The molecule has 1 aromatic rings. The molecule has 120 valence electrons. The van der Waals surface area contributed by atoms with Crippen molar-refractivity contribution in [3.8, 4) is 0 Å². The number of nitrogens with one attached hydrogen (secondary N) is 1. The highest BCUT2D eigenvalue weighted by Gasteiger charge is 2.17. The van der Waals surface area contributed by atoms with Crippen LogP contribution in [0.2, 0.25) is 10.0 Å². The third-order valence-electron chi connectivity index (χ3n) is 3.71. The first-order chi connectivity index (χ1) is 10.6. The Morgan fingerprint density at radius 2 is 1.82 bits per heavy atom.